The molecule has 0 aliphatic carbocycles. The van der Waals surface area contributed by atoms with Crippen LogP contribution in [-0.4, -0.2) is 12.1 Å². The molecule has 0 fully saturated rings. The second-order valence-electron chi connectivity index (χ2n) is 3.87. The van der Waals surface area contributed by atoms with Crippen molar-refractivity contribution in [2.45, 2.75) is 0 Å². The van der Waals surface area contributed by atoms with E-state index in [0.717, 1.165) is 22.1 Å². The van der Waals surface area contributed by atoms with Crippen LogP contribution in [0.2, 0.25) is 5.15 Å². The Morgan fingerprint density at radius 3 is 2.89 bits per heavy atom. The molecule has 0 aliphatic rings. The maximum absolute atomic E-state index is 5.98. The van der Waals surface area contributed by atoms with Crippen molar-refractivity contribution in [1.29, 1.82) is 0 Å². The highest BCUT2D eigenvalue weighted by Crippen LogP contribution is 2.32. The molecule has 0 saturated heterocycles. The number of ether oxygens (including phenoxy) is 1. The van der Waals surface area contributed by atoms with Crippen LogP contribution in [0.1, 0.15) is 0 Å². The average molecular weight is 260 g/mol. The molecule has 2 heterocycles. The molecule has 0 spiro atoms. The van der Waals surface area contributed by atoms with Gasteiger partial charge in [0.15, 0.2) is 0 Å². The van der Waals surface area contributed by atoms with Gasteiger partial charge in [0.1, 0.15) is 10.7 Å². The van der Waals surface area contributed by atoms with Gasteiger partial charge in [-0.2, -0.15) is 0 Å². The summed E-state index contributed by atoms with van der Waals surface area (Å²) < 4.78 is 10.6. The molecule has 0 unspecified atom stereocenters. The molecular formula is C14H10ClNO2. The first kappa shape index (κ1) is 11.1. The number of benzene rings is 1. The topological polar surface area (TPSA) is 35.3 Å². The number of furan rings is 1. The van der Waals surface area contributed by atoms with Crippen molar-refractivity contribution in [1.82, 2.24) is 4.98 Å². The number of rotatable bonds is 2. The first-order valence-electron chi connectivity index (χ1n) is 5.46. The summed E-state index contributed by atoms with van der Waals surface area (Å²) in [6.07, 6.45) is 1.72. The predicted molar refractivity (Wildman–Crippen MR) is 71.0 cm³/mol. The number of aromatic nitrogens is 1. The van der Waals surface area contributed by atoms with Gasteiger partial charge in [0.25, 0.3) is 0 Å². The fourth-order valence-corrected chi connectivity index (χ4v) is 2.14. The lowest BCUT2D eigenvalue weighted by molar-refractivity contribution is 0.398. The molecule has 0 atom stereocenters. The van der Waals surface area contributed by atoms with E-state index in [2.05, 4.69) is 4.98 Å². The molecule has 2 aromatic heterocycles. The molecule has 0 amide bonds. The van der Waals surface area contributed by atoms with Gasteiger partial charge < -0.3 is 9.15 Å². The van der Waals surface area contributed by atoms with Crippen molar-refractivity contribution in [3.8, 4) is 17.0 Å². The van der Waals surface area contributed by atoms with Crippen molar-refractivity contribution >= 4 is 22.6 Å². The van der Waals surface area contributed by atoms with E-state index >= 15 is 0 Å². The maximum Gasteiger partial charge on any atom is 0.214 e. The molecule has 0 aliphatic heterocycles. The van der Waals surface area contributed by atoms with Gasteiger partial charge in [-0.15, -0.1) is 0 Å². The lowest BCUT2D eigenvalue weighted by atomic mass is 10.1. The zero-order valence-electron chi connectivity index (χ0n) is 9.68. The van der Waals surface area contributed by atoms with Crippen LogP contribution >= 0.6 is 11.6 Å². The van der Waals surface area contributed by atoms with E-state index in [1.165, 1.54) is 0 Å². The summed E-state index contributed by atoms with van der Waals surface area (Å²) in [5.41, 5.74) is 2.75. The van der Waals surface area contributed by atoms with Crippen LogP contribution in [0.4, 0.5) is 0 Å². The minimum atomic E-state index is 0.398. The molecule has 1 aromatic carbocycles. The summed E-state index contributed by atoms with van der Waals surface area (Å²) in [4.78, 5) is 4.05. The lowest BCUT2D eigenvalue weighted by Crippen LogP contribution is -1.88. The first-order chi connectivity index (χ1) is 8.78. The Bertz CT molecular complexity index is 706. The van der Waals surface area contributed by atoms with Crippen LogP contribution in [-0.2, 0) is 0 Å². The van der Waals surface area contributed by atoms with E-state index in [0.29, 0.717) is 11.0 Å². The number of nitrogens with zero attached hydrogens (tertiary/aromatic N) is 1. The quantitative estimate of drug-likeness (QED) is 0.648. The molecule has 4 heteroatoms. The highest BCUT2D eigenvalue weighted by atomic mass is 35.5. The van der Waals surface area contributed by atoms with Crippen molar-refractivity contribution in [3.63, 3.8) is 0 Å². The Balaban J connectivity index is 2.22. The first-order valence-corrected chi connectivity index (χ1v) is 5.84. The fraction of sp³-hybridized carbons (Fsp3) is 0.0714. The molecular weight excluding hydrogens is 250 g/mol. The van der Waals surface area contributed by atoms with E-state index in [1.54, 1.807) is 19.4 Å². The van der Waals surface area contributed by atoms with Gasteiger partial charge in [-0.3, -0.25) is 0 Å². The van der Waals surface area contributed by atoms with Gasteiger partial charge in [-0.05, 0) is 17.7 Å². The second-order valence-corrected chi connectivity index (χ2v) is 4.25. The van der Waals surface area contributed by atoms with Crippen molar-refractivity contribution < 1.29 is 9.15 Å². The molecule has 3 aromatic rings. The van der Waals surface area contributed by atoms with E-state index in [4.69, 9.17) is 20.8 Å². The number of fused-ring (bicyclic) bond motifs is 1. The maximum atomic E-state index is 5.98. The molecule has 18 heavy (non-hydrogen) atoms. The summed E-state index contributed by atoms with van der Waals surface area (Å²) in [6, 6.07) is 11.5. The van der Waals surface area contributed by atoms with Gasteiger partial charge in [-0.1, -0.05) is 29.8 Å². The Labute approximate surface area is 109 Å². The fourth-order valence-electron chi connectivity index (χ4n) is 1.93. The largest absolute Gasteiger partial charge is 0.481 e. The number of methoxy groups -OCH3 is 1. The summed E-state index contributed by atoms with van der Waals surface area (Å²) in [5.74, 6) is 0.489. The molecule has 0 bridgehead atoms. The molecule has 0 saturated carbocycles. The Morgan fingerprint density at radius 1 is 1.22 bits per heavy atom. The van der Waals surface area contributed by atoms with Crippen LogP contribution in [0.15, 0.2) is 47.1 Å². The SMILES string of the molecule is COc1cc(-c2coc3ccccc23)cc(Cl)n1. The van der Waals surface area contributed by atoms with Crippen molar-refractivity contribution in [2.24, 2.45) is 0 Å². The second kappa shape index (κ2) is 4.35. The highest BCUT2D eigenvalue weighted by Gasteiger charge is 2.10. The highest BCUT2D eigenvalue weighted by molar-refractivity contribution is 6.29. The van der Waals surface area contributed by atoms with Crippen molar-refractivity contribution in [2.75, 3.05) is 7.11 Å². The Hall–Kier alpha value is -2.00. The minimum Gasteiger partial charge on any atom is -0.481 e. The smallest absolute Gasteiger partial charge is 0.214 e. The van der Waals surface area contributed by atoms with Crippen LogP contribution in [0.3, 0.4) is 0 Å². The molecule has 0 radical (unpaired) electrons. The third-order valence-electron chi connectivity index (χ3n) is 2.77. The average Bonchev–Trinajstić information content (AvgIpc) is 2.81. The molecule has 0 N–H and O–H groups in total. The third-order valence-corrected chi connectivity index (χ3v) is 2.97. The summed E-state index contributed by atoms with van der Waals surface area (Å²) >= 11 is 5.98. The lowest BCUT2D eigenvalue weighted by Gasteiger charge is -2.03. The van der Waals surface area contributed by atoms with E-state index < -0.39 is 0 Å². The van der Waals surface area contributed by atoms with Gasteiger partial charge in [0, 0.05) is 17.0 Å². The monoisotopic (exact) mass is 259 g/mol. The molecule has 90 valence electrons. The Kier molecular flexibility index (Phi) is 2.68. The molecule has 3 nitrogen and oxygen atoms in total. The number of hydrogen-bond donors (Lipinski definition) is 0. The van der Waals surface area contributed by atoms with Gasteiger partial charge in [0.2, 0.25) is 5.88 Å². The summed E-state index contributed by atoms with van der Waals surface area (Å²) in [7, 11) is 1.57. The number of pyridine rings is 1. The summed E-state index contributed by atoms with van der Waals surface area (Å²) in [6.45, 7) is 0. The van der Waals surface area contributed by atoms with Crippen LogP contribution in [0.5, 0.6) is 5.88 Å². The predicted octanol–water partition coefficient (Wildman–Crippen LogP) is 4.16. The zero-order chi connectivity index (χ0) is 12.5. The van der Waals surface area contributed by atoms with Gasteiger partial charge in [0.05, 0.1) is 13.4 Å². The van der Waals surface area contributed by atoms with Crippen molar-refractivity contribution in [3.05, 3.63) is 47.8 Å². The molecule has 3 rings (SSSR count). The van der Waals surface area contributed by atoms with Crippen LogP contribution < -0.4 is 4.74 Å². The Morgan fingerprint density at radius 2 is 2.06 bits per heavy atom. The minimum absolute atomic E-state index is 0.398. The number of halogens is 1. The van der Waals surface area contributed by atoms with Crippen LogP contribution in [0.25, 0.3) is 22.1 Å². The zero-order valence-corrected chi connectivity index (χ0v) is 10.4. The summed E-state index contributed by atoms with van der Waals surface area (Å²) in [5, 5.41) is 1.44. The normalized spacial score (nSPS) is 10.8. The van der Waals surface area contributed by atoms with Crippen LogP contribution in [0, 0.1) is 0 Å². The number of para-hydroxylation sites is 1. The van der Waals surface area contributed by atoms with E-state index in [-0.39, 0.29) is 0 Å². The van der Waals surface area contributed by atoms with Gasteiger partial charge in [-0.25, -0.2) is 4.98 Å². The standard InChI is InChI=1S/C14H10ClNO2/c1-17-14-7-9(6-13(15)16-14)11-8-18-12-5-3-2-4-10(11)12/h2-8H,1H3. The number of hydrogen-bond acceptors (Lipinski definition) is 3. The van der Waals surface area contributed by atoms with Gasteiger partial charge >= 0.3 is 0 Å². The third kappa shape index (κ3) is 1.83. The van der Waals surface area contributed by atoms with E-state index in [9.17, 15) is 0 Å². The van der Waals surface area contributed by atoms with E-state index in [1.807, 2.05) is 30.3 Å².